The second kappa shape index (κ2) is 9.43. The van der Waals surface area contributed by atoms with E-state index in [-0.39, 0.29) is 5.56 Å². The predicted molar refractivity (Wildman–Crippen MR) is 116 cm³/mol. The van der Waals surface area contributed by atoms with E-state index in [1.54, 1.807) is 23.4 Å². The Morgan fingerprint density at radius 3 is 2.66 bits per heavy atom. The molecule has 0 unspecified atom stereocenters. The summed E-state index contributed by atoms with van der Waals surface area (Å²) in [6, 6.07) is 15.5. The van der Waals surface area contributed by atoms with E-state index in [1.165, 1.54) is 0 Å². The van der Waals surface area contributed by atoms with Gasteiger partial charge in [-0.3, -0.25) is 14.3 Å². The zero-order valence-electron chi connectivity index (χ0n) is 16.5. The second-order valence-electron chi connectivity index (χ2n) is 6.93. The van der Waals surface area contributed by atoms with Crippen LogP contribution in [0.25, 0.3) is 10.9 Å². The molecule has 0 amide bonds. The summed E-state index contributed by atoms with van der Waals surface area (Å²) in [7, 11) is 1.61. The molecule has 4 rings (SSSR count). The van der Waals surface area contributed by atoms with Crippen LogP contribution in [0.15, 0.2) is 58.5 Å². The molecule has 6 nitrogen and oxygen atoms in total. The summed E-state index contributed by atoms with van der Waals surface area (Å²) in [6.07, 6.45) is 0. The molecule has 0 aliphatic carbocycles. The van der Waals surface area contributed by atoms with Crippen LogP contribution in [-0.2, 0) is 11.3 Å². The number of morpholine rings is 1. The van der Waals surface area contributed by atoms with Crippen LogP contribution < -0.4 is 10.3 Å². The molecule has 2 aromatic carbocycles. The number of benzene rings is 2. The van der Waals surface area contributed by atoms with Crippen molar-refractivity contribution in [2.75, 3.05) is 45.7 Å². The lowest BCUT2D eigenvalue weighted by Gasteiger charge is -2.26. The lowest BCUT2D eigenvalue weighted by molar-refractivity contribution is 0.0410. The molecule has 1 fully saturated rings. The molecule has 0 spiro atoms. The van der Waals surface area contributed by atoms with E-state index in [0.29, 0.717) is 23.2 Å². The summed E-state index contributed by atoms with van der Waals surface area (Å²) in [4.78, 5) is 20.5. The van der Waals surface area contributed by atoms with E-state index >= 15 is 0 Å². The molecular formula is C22H25N3O3S. The third kappa shape index (κ3) is 4.63. The molecule has 0 saturated carbocycles. The minimum atomic E-state index is -0.0355. The van der Waals surface area contributed by atoms with Gasteiger partial charge in [0.1, 0.15) is 11.3 Å². The van der Waals surface area contributed by atoms with Gasteiger partial charge in [-0.25, -0.2) is 4.98 Å². The first-order valence-corrected chi connectivity index (χ1v) is 10.8. The van der Waals surface area contributed by atoms with Gasteiger partial charge in [-0.1, -0.05) is 48.2 Å². The van der Waals surface area contributed by atoms with Crippen LogP contribution in [0, 0.1) is 0 Å². The van der Waals surface area contributed by atoms with Crippen LogP contribution in [-0.4, -0.2) is 60.2 Å². The quantitative estimate of drug-likeness (QED) is 0.440. The maximum Gasteiger partial charge on any atom is 0.262 e. The lowest BCUT2D eigenvalue weighted by atomic mass is 10.2. The number of rotatable bonds is 7. The topological polar surface area (TPSA) is 56.6 Å². The maximum absolute atomic E-state index is 13.3. The molecule has 29 heavy (non-hydrogen) atoms. The fourth-order valence-electron chi connectivity index (χ4n) is 3.47. The van der Waals surface area contributed by atoms with Gasteiger partial charge in [-0.15, -0.1) is 0 Å². The molecule has 1 saturated heterocycles. The Bertz CT molecular complexity index is 1020. The Hall–Kier alpha value is -2.35. The first-order chi connectivity index (χ1) is 14.3. The first-order valence-electron chi connectivity index (χ1n) is 9.80. The third-order valence-electron chi connectivity index (χ3n) is 5.06. The molecule has 3 aromatic rings. The molecule has 0 atom stereocenters. The number of nitrogens with zero attached hydrogens (tertiary/aromatic N) is 3. The lowest BCUT2D eigenvalue weighted by Crippen LogP contribution is -2.37. The highest BCUT2D eigenvalue weighted by Crippen LogP contribution is 2.25. The fourth-order valence-corrected chi connectivity index (χ4v) is 4.46. The minimum Gasteiger partial charge on any atom is -0.494 e. The van der Waals surface area contributed by atoms with Gasteiger partial charge in [-0.2, -0.15) is 0 Å². The van der Waals surface area contributed by atoms with Crippen LogP contribution in [0.5, 0.6) is 5.75 Å². The SMILES string of the molecule is COc1cccc2c(=O)n(Cc3ccccc3)c(SCCN3CCOCC3)nc12. The number of para-hydroxylation sites is 1. The van der Waals surface area contributed by atoms with E-state index in [9.17, 15) is 4.79 Å². The summed E-state index contributed by atoms with van der Waals surface area (Å²) in [5.74, 6) is 1.49. The average Bonchev–Trinajstić information content (AvgIpc) is 2.77. The predicted octanol–water partition coefficient (Wildman–Crippen LogP) is 2.88. The number of aromatic nitrogens is 2. The summed E-state index contributed by atoms with van der Waals surface area (Å²) in [5, 5.41) is 1.31. The second-order valence-corrected chi connectivity index (χ2v) is 7.99. The van der Waals surface area contributed by atoms with Crippen molar-refractivity contribution in [1.82, 2.24) is 14.5 Å². The van der Waals surface area contributed by atoms with Crippen molar-refractivity contribution in [3.8, 4) is 5.75 Å². The van der Waals surface area contributed by atoms with E-state index < -0.39 is 0 Å². The molecule has 0 N–H and O–H groups in total. The van der Waals surface area contributed by atoms with Crippen LogP contribution in [0.1, 0.15) is 5.56 Å². The summed E-state index contributed by atoms with van der Waals surface area (Å²) in [6.45, 7) is 4.93. The molecule has 0 bridgehead atoms. The van der Waals surface area contributed by atoms with Crippen molar-refractivity contribution in [2.24, 2.45) is 0 Å². The van der Waals surface area contributed by atoms with Gasteiger partial charge in [0, 0.05) is 25.4 Å². The van der Waals surface area contributed by atoms with Crippen molar-refractivity contribution >= 4 is 22.7 Å². The molecule has 152 valence electrons. The van der Waals surface area contributed by atoms with Crippen molar-refractivity contribution in [3.05, 3.63) is 64.4 Å². The summed E-state index contributed by atoms with van der Waals surface area (Å²) in [5.41, 5.74) is 1.67. The Morgan fingerprint density at radius 1 is 1.10 bits per heavy atom. The first kappa shape index (κ1) is 19.9. The van der Waals surface area contributed by atoms with Gasteiger partial charge in [0.25, 0.3) is 5.56 Å². The molecule has 1 aromatic heterocycles. The van der Waals surface area contributed by atoms with Crippen LogP contribution in [0.4, 0.5) is 0 Å². The molecule has 0 radical (unpaired) electrons. The van der Waals surface area contributed by atoms with E-state index in [1.807, 2.05) is 48.5 Å². The van der Waals surface area contributed by atoms with Gasteiger partial charge in [-0.05, 0) is 17.7 Å². The molecule has 2 heterocycles. The Labute approximate surface area is 174 Å². The highest BCUT2D eigenvalue weighted by molar-refractivity contribution is 7.99. The van der Waals surface area contributed by atoms with Gasteiger partial charge in [0.2, 0.25) is 0 Å². The zero-order valence-corrected chi connectivity index (χ0v) is 17.4. The van der Waals surface area contributed by atoms with Gasteiger partial charge >= 0.3 is 0 Å². The van der Waals surface area contributed by atoms with E-state index in [0.717, 1.165) is 49.3 Å². The number of fused-ring (bicyclic) bond motifs is 1. The Kier molecular flexibility index (Phi) is 6.49. The van der Waals surface area contributed by atoms with Crippen molar-refractivity contribution in [3.63, 3.8) is 0 Å². The number of hydrogen-bond donors (Lipinski definition) is 0. The number of hydrogen-bond acceptors (Lipinski definition) is 6. The fraction of sp³-hybridized carbons (Fsp3) is 0.364. The largest absolute Gasteiger partial charge is 0.494 e. The number of ether oxygens (including phenoxy) is 2. The standard InChI is InChI=1S/C22H25N3O3S/c1-27-19-9-5-8-18-20(19)23-22(29-15-12-24-10-13-28-14-11-24)25(21(18)26)16-17-6-3-2-4-7-17/h2-9H,10-16H2,1H3. The maximum atomic E-state index is 13.3. The highest BCUT2D eigenvalue weighted by Gasteiger charge is 2.16. The van der Waals surface area contributed by atoms with Crippen molar-refractivity contribution < 1.29 is 9.47 Å². The Balaban J connectivity index is 1.66. The highest BCUT2D eigenvalue weighted by atomic mass is 32.2. The molecule has 1 aliphatic heterocycles. The van der Waals surface area contributed by atoms with Crippen LogP contribution >= 0.6 is 11.8 Å². The molecule has 1 aliphatic rings. The zero-order chi connectivity index (χ0) is 20.1. The monoisotopic (exact) mass is 411 g/mol. The molecular weight excluding hydrogens is 386 g/mol. The normalized spacial score (nSPS) is 14.9. The van der Waals surface area contributed by atoms with E-state index in [4.69, 9.17) is 14.5 Å². The smallest absolute Gasteiger partial charge is 0.262 e. The van der Waals surface area contributed by atoms with Gasteiger partial charge in [0.05, 0.1) is 32.3 Å². The van der Waals surface area contributed by atoms with Gasteiger partial charge < -0.3 is 9.47 Å². The average molecular weight is 412 g/mol. The number of thioether (sulfide) groups is 1. The van der Waals surface area contributed by atoms with Gasteiger partial charge in [0.15, 0.2) is 5.16 Å². The Morgan fingerprint density at radius 2 is 1.90 bits per heavy atom. The van der Waals surface area contributed by atoms with Crippen molar-refractivity contribution in [2.45, 2.75) is 11.7 Å². The van der Waals surface area contributed by atoms with Crippen LogP contribution in [0.3, 0.4) is 0 Å². The van der Waals surface area contributed by atoms with E-state index in [2.05, 4.69) is 4.90 Å². The summed E-state index contributed by atoms with van der Waals surface area (Å²) < 4.78 is 12.7. The molecule has 7 heteroatoms. The minimum absolute atomic E-state index is 0.0355. The summed E-state index contributed by atoms with van der Waals surface area (Å²) >= 11 is 1.62. The van der Waals surface area contributed by atoms with Crippen molar-refractivity contribution in [1.29, 1.82) is 0 Å². The van der Waals surface area contributed by atoms with Crippen LogP contribution in [0.2, 0.25) is 0 Å². The number of methoxy groups -OCH3 is 1. The third-order valence-corrected chi connectivity index (χ3v) is 6.02.